The molecule has 126 valence electrons. The molecule has 1 N–H and O–H groups in total. The Balaban J connectivity index is 2.23. The van der Waals surface area contributed by atoms with Gasteiger partial charge in [0.1, 0.15) is 6.61 Å². The van der Waals surface area contributed by atoms with Crippen LogP contribution in [0.4, 0.5) is 0 Å². The van der Waals surface area contributed by atoms with Gasteiger partial charge in [0.15, 0.2) is 5.44 Å². The number of rotatable bonds is 9. The third-order valence-electron chi connectivity index (χ3n) is 3.47. The molecule has 1 saturated carbocycles. The number of esters is 1. The van der Waals surface area contributed by atoms with E-state index in [0.29, 0.717) is 18.1 Å². The van der Waals surface area contributed by atoms with E-state index in [-0.39, 0.29) is 12.2 Å². The molecule has 1 aliphatic rings. The fourth-order valence-corrected chi connectivity index (χ4v) is 2.99. The van der Waals surface area contributed by atoms with E-state index in [1.54, 1.807) is 18.2 Å². The lowest BCUT2D eigenvalue weighted by Crippen LogP contribution is -2.28. The van der Waals surface area contributed by atoms with Crippen molar-refractivity contribution >= 4 is 16.0 Å². The minimum absolute atomic E-state index is 0.0967. The highest BCUT2D eigenvalue weighted by atomic mass is 32.2. The van der Waals surface area contributed by atoms with Gasteiger partial charge < -0.3 is 9.47 Å². The molecular weight excluding hydrogens is 318 g/mol. The summed E-state index contributed by atoms with van der Waals surface area (Å²) < 4.78 is 37.3. The molecule has 0 amide bonds. The summed E-state index contributed by atoms with van der Waals surface area (Å²) in [5, 5.41) is 0. The largest absolute Gasteiger partial charge is 0.458 e. The van der Waals surface area contributed by atoms with E-state index < -0.39 is 21.4 Å². The lowest BCUT2D eigenvalue weighted by Gasteiger charge is -2.18. The van der Waals surface area contributed by atoms with Gasteiger partial charge in [-0.3, -0.25) is 0 Å². The topological polar surface area (TPSA) is 81.7 Å². The van der Waals surface area contributed by atoms with Crippen molar-refractivity contribution in [3.05, 3.63) is 48.0 Å². The monoisotopic (exact) mass is 339 g/mol. The van der Waals surface area contributed by atoms with Gasteiger partial charge in [0.25, 0.3) is 0 Å². The number of sulfonamides is 1. The number of hydrogen-bond donors (Lipinski definition) is 1. The Labute approximate surface area is 136 Å². The van der Waals surface area contributed by atoms with Crippen LogP contribution in [0.1, 0.15) is 34.2 Å². The first-order valence-corrected chi connectivity index (χ1v) is 8.94. The molecule has 1 aromatic rings. The fourth-order valence-electron chi connectivity index (χ4n) is 2.01. The van der Waals surface area contributed by atoms with Crippen molar-refractivity contribution < 1.29 is 22.7 Å². The number of nitrogens with one attached hydrogen (secondary N) is 1. The fraction of sp³-hybridized carbons (Fsp3) is 0.438. The molecule has 7 heteroatoms. The van der Waals surface area contributed by atoms with Gasteiger partial charge >= 0.3 is 5.97 Å². The number of hydrogen-bond acceptors (Lipinski definition) is 5. The zero-order chi connectivity index (χ0) is 16.9. The van der Waals surface area contributed by atoms with Crippen LogP contribution in [0, 0.1) is 5.92 Å². The van der Waals surface area contributed by atoms with E-state index in [0.717, 1.165) is 12.8 Å². The van der Waals surface area contributed by atoms with Gasteiger partial charge in [-0.15, -0.1) is 0 Å². The molecule has 0 saturated heterocycles. The van der Waals surface area contributed by atoms with E-state index in [1.165, 1.54) is 19.2 Å². The third kappa shape index (κ3) is 4.89. The van der Waals surface area contributed by atoms with Crippen LogP contribution in [0.2, 0.25) is 0 Å². The van der Waals surface area contributed by atoms with Crippen molar-refractivity contribution in [2.24, 2.45) is 5.92 Å². The van der Waals surface area contributed by atoms with Crippen molar-refractivity contribution in [2.75, 3.05) is 20.3 Å². The molecule has 23 heavy (non-hydrogen) atoms. The zero-order valence-electron chi connectivity index (χ0n) is 13.0. The molecule has 0 aliphatic heterocycles. The van der Waals surface area contributed by atoms with Gasteiger partial charge in [-0.25, -0.2) is 17.9 Å². The Kier molecular flexibility index (Phi) is 5.92. The molecule has 1 fully saturated rings. The molecule has 1 aliphatic carbocycles. The van der Waals surface area contributed by atoms with Crippen LogP contribution in [0.25, 0.3) is 0 Å². The summed E-state index contributed by atoms with van der Waals surface area (Å²) in [6.07, 6.45) is 3.58. The van der Waals surface area contributed by atoms with E-state index in [9.17, 15) is 13.2 Å². The predicted molar refractivity (Wildman–Crippen MR) is 86.3 cm³/mol. The SMILES string of the molecule is C=CCOC(=O)c1cccc(C(OCC2CC2)S(=O)(=O)NC)c1. The van der Waals surface area contributed by atoms with Crippen LogP contribution < -0.4 is 4.72 Å². The first kappa shape index (κ1) is 17.7. The molecule has 0 heterocycles. The molecular formula is C16H21NO5S. The van der Waals surface area contributed by atoms with Gasteiger partial charge in [-0.2, -0.15) is 0 Å². The summed E-state index contributed by atoms with van der Waals surface area (Å²) in [6, 6.07) is 6.28. The molecule has 0 radical (unpaired) electrons. The smallest absolute Gasteiger partial charge is 0.338 e. The van der Waals surface area contributed by atoms with Crippen LogP contribution in [-0.2, 0) is 19.5 Å². The highest BCUT2D eigenvalue weighted by Gasteiger charge is 2.31. The molecule has 1 unspecified atom stereocenters. The average molecular weight is 339 g/mol. The summed E-state index contributed by atoms with van der Waals surface area (Å²) >= 11 is 0. The van der Waals surface area contributed by atoms with Crippen LogP contribution >= 0.6 is 0 Å². The summed E-state index contributed by atoms with van der Waals surface area (Å²) in [5.74, 6) is -0.111. The van der Waals surface area contributed by atoms with Crippen molar-refractivity contribution in [2.45, 2.75) is 18.3 Å². The molecule has 0 bridgehead atoms. The average Bonchev–Trinajstić information content (AvgIpc) is 3.37. The van der Waals surface area contributed by atoms with Crippen LogP contribution in [0.15, 0.2) is 36.9 Å². The minimum Gasteiger partial charge on any atom is -0.458 e. The minimum atomic E-state index is -3.68. The second-order valence-corrected chi connectivity index (χ2v) is 7.30. The predicted octanol–water partition coefficient (Wildman–Crippen LogP) is 2.00. The second-order valence-electron chi connectivity index (χ2n) is 5.37. The Morgan fingerprint density at radius 1 is 1.48 bits per heavy atom. The van der Waals surface area contributed by atoms with Crippen molar-refractivity contribution in [3.63, 3.8) is 0 Å². The summed E-state index contributed by atoms with van der Waals surface area (Å²) in [7, 11) is -2.34. The molecule has 2 rings (SSSR count). The highest BCUT2D eigenvalue weighted by Crippen LogP contribution is 2.32. The van der Waals surface area contributed by atoms with Crippen LogP contribution in [0.5, 0.6) is 0 Å². The molecule has 0 spiro atoms. The third-order valence-corrected chi connectivity index (χ3v) is 5.01. The quantitative estimate of drug-likeness (QED) is 0.550. The summed E-state index contributed by atoms with van der Waals surface area (Å²) in [5.41, 5.74) is -0.482. The van der Waals surface area contributed by atoms with Gasteiger partial charge in [0.05, 0.1) is 12.2 Å². The Bertz CT molecular complexity index is 667. The lowest BCUT2D eigenvalue weighted by molar-refractivity contribution is 0.0549. The van der Waals surface area contributed by atoms with Crippen molar-refractivity contribution in [1.82, 2.24) is 4.72 Å². The number of carbonyl (C=O) groups is 1. The Morgan fingerprint density at radius 2 is 2.22 bits per heavy atom. The summed E-state index contributed by atoms with van der Waals surface area (Å²) in [6.45, 7) is 3.96. The maximum Gasteiger partial charge on any atom is 0.338 e. The van der Waals surface area contributed by atoms with E-state index in [2.05, 4.69) is 11.3 Å². The lowest BCUT2D eigenvalue weighted by atomic mass is 10.1. The van der Waals surface area contributed by atoms with E-state index >= 15 is 0 Å². The molecule has 1 aromatic carbocycles. The van der Waals surface area contributed by atoms with Gasteiger partial charge in [-0.1, -0.05) is 24.8 Å². The van der Waals surface area contributed by atoms with E-state index in [1.807, 2.05) is 0 Å². The second kappa shape index (κ2) is 7.72. The maximum absolute atomic E-state index is 12.2. The standard InChI is InChI=1S/C16H21NO5S/c1-3-9-21-15(18)13-5-4-6-14(10-13)16(23(19,20)17-2)22-11-12-7-8-12/h3-6,10,12,16-17H,1,7-9,11H2,2H3. The maximum atomic E-state index is 12.2. The first-order chi connectivity index (χ1) is 11.0. The Hall–Kier alpha value is -1.70. The Morgan fingerprint density at radius 3 is 2.83 bits per heavy atom. The molecule has 6 nitrogen and oxygen atoms in total. The van der Waals surface area contributed by atoms with Gasteiger partial charge in [0, 0.05) is 0 Å². The normalized spacial score (nSPS) is 15.9. The molecule has 0 aromatic heterocycles. The summed E-state index contributed by atoms with van der Waals surface area (Å²) in [4.78, 5) is 11.9. The van der Waals surface area contributed by atoms with Gasteiger partial charge in [-0.05, 0) is 43.5 Å². The zero-order valence-corrected chi connectivity index (χ0v) is 13.8. The van der Waals surface area contributed by atoms with Gasteiger partial charge in [0.2, 0.25) is 10.0 Å². The van der Waals surface area contributed by atoms with E-state index in [4.69, 9.17) is 9.47 Å². The highest BCUT2D eigenvalue weighted by molar-refractivity contribution is 7.89. The number of ether oxygens (including phenoxy) is 2. The number of carbonyl (C=O) groups excluding carboxylic acids is 1. The van der Waals surface area contributed by atoms with Crippen LogP contribution in [-0.4, -0.2) is 34.6 Å². The van der Waals surface area contributed by atoms with Crippen molar-refractivity contribution in [1.29, 1.82) is 0 Å². The molecule has 1 atom stereocenters. The number of benzene rings is 1. The first-order valence-electron chi connectivity index (χ1n) is 7.40. The van der Waals surface area contributed by atoms with Crippen molar-refractivity contribution in [3.8, 4) is 0 Å². The van der Waals surface area contributed by atoms with Crippen LogP contribution in [0.3, 0.4) is 0 Å².